The SMILES string of the molecule is COC(=O)CCCCCCCCCCF. The van der Waals surface area contributed by atoms with Crippen molar-refractivity contribution < 1.29 is 13.9 Å². The van der Waals surface area contributed by atoms with E-state index in [1.807, 2.05) is 0 Å². The third-order valence-electron chi connectivity index (χ3n) is 2.49. The predicted molar refractivity (Wildman–Crippen MR) is 59.5 cm³/mol. The van der Waals surface area contributed by atoms with Crippen LogP contribution in [0.2, 0.25) is 0 Å². The largest absolute Gasteiger partial charge is 0.469 e. The number of hydrogen-bond acceptors (Lipinski definition) is 2. The quantitative estimate of drug-likeness (QED) is 0.413. The van der Waals surface area contributed by atoms with E-state index in [-0.39, 0.29) is 12.6 Å². The van der Waals surface area contributed by atoms with Crippen molar-refractivity contribution >= 4 is 5.97 Å². The van der Waals surface area contributed by atoms with Crippen molar-refractivity contribution in [2.75, 3.05) is 13.8 Å². The summed E-state index contributed by atoms with van der Waals surface area (Å²) >= 11 is 0. The molecule has 0 fully saturated rings. The Bertz CT molecular complexity index is 149. The van der Waals surface area contributed by atoms with E-state index in [4.69, 9.17) is 0 Å². The van der Waals surface area contributed by atoms with E-state index in [1.54, 1.807) is 0 Å². The Morgan fingerprint density at radius 2 is 1.40 bits per heavy atom. The van der Waals surface area contributed by atoms with Crippen molar-refractivity contribution in [2.45, 2.75) is 57.8 Å². The van der Waals surface area contributed by atoms with Gasteiger partial charge in [0, 0.05) is 6.42 Å². The fourth-order valence-electron chi connectivity index (χ4n) is 1.53. The van der Waals surface area contributed by atoms with Crippen LogP contribution in [0.1, 0.15) is 57.8 Å². The molecule has 0 saturated heterocycles. The topological polar surface area (TPSA) is 26.3 Å². The van der Waals surface area contributed by atoms with Gasteiger partial charge in [0.05, 0.1) is 13.8 Å². The number of hydrogen-bond donors (Lipinski definition) is 0. The number of alkyl halides is 1. The first-order chi connectivity index (χ1) is 7.31. The van der Waals surface area contributed by atoms with Crippen molar-refractivity contribution in [3.05, 3.63) is 0 Å². The van der Waals surface area contributed by atoms with Crippen molar-refractivity contribution in [3.8, 4) is 0 Å². The Morgan fingerprint density at radius 1 is 0.933 bits per heavy atom. The molecule has 0 aliphatic carbocycles. The maximum absolute atomic E-state index is 11.7. The van der Waals surface area contributed by atoms with Gasteiger partial charge in [-0.2, -0.15) is 0 Å². The Morgan fingerprint density at radius 3 is 1.87 bits per heavy atom. The van der Waals surface area contributed by atoms with Crippen LogP contribution in [-0.4, -0.2) is 19.8 Å². The third kappa shape index (κ3) is 11.3. The summed E-state index contributed by atoms with van der Waals surface area (Å²) in [6.07, 6.45) is 8.99. The van der Waals surface area contributed by atoms with Gasteiger partial charge in [-0.3, -0.25) is 9.18 Å². The Hall–Kier alpha value is -0.600. The molecule has 90 valence electrons. The molecule has 0 aliphatic rings. The van der Waals surface area contributed by atoms with E-state index in [1.165, 1.54) is 26.4 Å². The minimum atomic E-state index is -0.181. The molecule has 0 radical (unpaired) electrons. The Labute approximate surface area is 92.2 Å². The van der Waals surface area contributed by atoms with Gasteiger partial charge >= 0.3 is 5.97 Å². The smallest absolute Gasteiger partial charge is 0.305 e. The molecule has 0 saturated carbocycles. The molecule has 0 spiro atoms. The third-order valence-corrected chi connectivity index (χ3v) is 2.49. The number of esters is 1. The van der Waals surface area contributed by atoms with E-state index in [0.717, 1.165) is 25.7 Å². The minimum absolute atomic E-state index is 0.113. The number of methoxy groups -OCH3 is 1. The highest BCUT2D eigenvalue weighted by molar-refractivity contribution is 5.68. The van der Waals surface area contributed by atoms with Gasteiger partial charge in [0.2, 0.25) is 0 Å². The van der Waals surface area contributed by atoms with Crippen LogP contribution in [-0.2, 0) is 9.53 Å². The zero-order valence-corrected chi connectivity index (χ0v) is 9.77. The molecule has 0 heterocycles. The number of ether oxygens (including phenoxy) is 1. The molecule has 0 aromatic heterocycles. The zero-order valence-electron chi connectivity index (χ0n) is 9.77. The van der Waals surface area contributed by atoms with Gasteiger partial charge in [-0.25, -0.2) is 0 Å². The molecule has 0 rings (SSSR count). The summed E-state index contributed by atoms with van der Waals surface area (Å²) in [5.41, 5.74) is 0. The molecular weight excluding hydrogens is 195 g/mol. The second-order valence-electron chi connectivity index (χ2n) is 3.84. The van der Waals surface area contributed by atoms with E-state index in [9.17, 15) is 9.18 Å². The lowest BCUT2D eigenvalue weighted by Gasteiger charge is -2.01. The van der Waals surface area contributed by atoms with Gasteiger partial charge < -0.3 is 4.74 Å². The number of halogens is 1. The second kappa shape index (κ2) is 11.5. The molecule has 0 amide bonds. The van der Waals surface area contributed by atoms with Crippen LogP contribution in [0, 0.1) is 0 Å². The molecule has 0 N–H and O–H groups in total. The van der Waals surface area contributed by atoms with Gasteiger partial charge in [-0.15, -0.1) is 0 Å². The number of unbranched alkanes of at least 4 members (excludes halogenated alkanes) is 7. The van der Waals surface area contributed by atoms with Crippen LogP contribution in [0.3, 0.4) is 0 Å². The standard InChI is InChI=1S/C12H23FO2/c1-15-12(14)10-8-6-4-2-3-5-7-9-11-13/h2-11H2,1H3. The van der Waals surface area contributed by atoms with Gasteiger partial charge in [0.1, 0.15) is 0 Å². The highest BCUT2D eigenvalue weighted by Crippen LogP contribution is 2.09. The lowest BCUT2D eigenvalue weighted by atomic mass is 10.1. The first-order valence-electron chi connectivity index (χ1n) is 5.94. The Balaban J connectivity index is 2.95. The summed E-state index contributed by atoms with van der Waals surface area (Å²) in [6, 6.07) is 0. The van der Waals surface area contributed by atoms with E-state index < -0.39 is 0 Å². The maximum Gasteiger partial charge on any atom is 0.305 e. The van der Waals surface area contributed by atoms with E-state index >= 15 is 0 Å². The molecule has 15 heavy (non-hydrogen) atoms. The van der Waals surface area contributed by atoms with Crippen LogP contribution in [0.15, 0.2) is 0 Å². The highest BCUT2D eigenvalue weighted by atomic mass is 19.1. The zero-order chi connectivity index (χ0) is 11.4. The highest BCUT2D eigenvalue weighted by Gasteiger charge is 1.98. The van der Waals surface area contributed by atoms with Gasteiger partial charge in [0.15, 0.2) is 0 Å². The average molecular weight is 218 g/mol. The van der Waals surface area contributed by atoms with Crippen molar-refractivity contribution in [3.63, 3.8) is 0 Å². The summed E-state index contributed by atoms with van der Waals surface area (Å²) in [5, 5.41) is 0. The molecule has 2 nitrogen and oxygen atoms in total. The van der Waals surface area contributed by atoms with Crippen LogP contribution >= 0.6 is 0 Å². The van der Waals surface area contributed by atoms with Gasteiger partial charge in [-0.05, 0) is 12.8 Å². The maximum atomic E-state index is 11.7. The summed E-state index contributed by atoms with van der Waals surface area (Å²) in [5.74, 6) is -0.113. The molecule has 0 bridgehead atoms. The van der Waals surface area contributed by atoms with Gasteiger partial charge in [-0.1, -0.05) is 38.5 Å². The van der Waals surface area contributed by atoms with E-state index in [0.29, 0.717) is 12.8 Å². The lowest BCUT2D eigenvalue weighted by Crippen LogP contribution is -1.99. The first kappa shape index (κ1) is 14.4. The molecule has 0 atom stereocenters. The lowest BCUT2D eigenvalue weighted by molar-refractivity contribution is -0.140. The molecule has 3 heteroatoms. The van der Waals surface area contributed by atoms with Crippen LogP contribution < -0.4 is 0 Å². The molecule has 0 aromatic carbocycles. The predicted octanol–water partition coefficient (Wildman–Crippen LogP) is 3.64. The first-order valence-corrected chi connectivity index (χ1v) is 5.94. The summed E-state index contributed by atoms with van der Waals surface area (Å²) in [4.78, 5) is 10.8. The number of carbonyl (C=O) groups is 1. The fraction of sp³-hybridized carbons (Fsp3) is 0.917. The number of carbonyl (C=O) groups excluding carboxylic acids is 1. The normalized spacial score (nSPS) is 10.3. The molecule has 0 aromatic rings. The van der Waals surface area contributed by atoms with Crippen molar-refractivity contribution in [1.82, 2.24) is 0 Å². The van der Waals surface area contributed by atoms with Crippen LogP contribution in [0.25, 0.3) is 0 Å². The molecule has 0 unspecified atom stereocenters. The monoisotopic (exact) mass is 218 g/mol. The van der Waals surface area contributed by atoms with Crippen molar-refractivity contribution in [2.24, 2.45) is 0 Å². The number of rotatable bonds is 10. The summed E-state index contributed by atoms with van der Waals surface area (Å²) in [7, 11) is 1.42. The van der Waals surface area contributed by atoms with E-state index in [2.05, 4.69) is 4.74 Å². The summed E-state index contributed by atoms with van der Waals surface area (Å²) < 4.78 is 16.3. The average Bonchev–Trinajstić information content (AvgIpc) is 2.26. The van der Waals surface area contributed by atoms with Crippen LogP contribution in [0.5, 0.6) is 0 Å². The molecular formula is C12H23FO2. The Kier molecular flexibility index (Phi) is 11.0. The minimum Gasteiger partial charge on any atom is -0.469 e. The molecule has 0 aliphatic heterocycles. The second-order valence-corrected chi connectivity index (χ2v) is 3.84. The summed E-state index contributed by atoms with van der Waals surface area (Å²) in [6.45, 7) is -0.181. The van der Waals surface area contributed by atoms with Crippen LogP contribution in [0.4, 0.5) is 4.39 Å². The van der Waals surface area contributed by atoms with Gasteiger partial charge in [0.25, 0.3) is 0 Å². The van der Waals surface area contributed by atoms with Crippen molar-refractivity contribution in [1.29, 1.82) is 0 Å². The fourth-order valence-corrected chi connectivity index (χ4v) is 1.53.